The molecule has 0 aromatic heterocycles. The molecule has 5 heteroatoms. The van der Waals surface area contributed by atoms with Gasteiger partial charge in [-0.15, -0.1) is 0 Å². The van der Waals surface area contributed by atoms with Gasteiger partial charge < -0.3 is 10.1 Å². The number of allylic oxidation sites excluding steroid dienone is 1. The van der Waals surface area contributed by atoms with E-state index < -0.39 is 6.04 Å². The fourth-order valence-corrected chi connectivity index (χ4v) is 1.81. The van der Waals surface area contributed by atoms with E-state index in [-0.39, 0.29) is 17.7 Å². The standard InChI is InChI=1S/C17H21NO4/c1-13(19)15(11-7-4-8-12-16(20)22-2)18-17(21)14-9-5-3-6-10-14/h3-7,9-10,15H,8,11-12H2,1-2H3,(H,18,21). The normalized spacial score (nSPS) is 11.9. The fraction of sp³-hybridized carbons (Fsp3) is 0.353. The summed E-state index contributed by atoms with van der Waals surface area (Å²) in [6.07, 6.45) is 4.84. The number of ketones is 1. The average molecular weight is 303 g/mol. The molecule has 1 aromatic rings. The van der Waals surface area contributed by atoms with Crippen molar-refractivity contribution in [2.24, 2.45) is 0 Å². The maximum absolute atomic E-state index is 12.0. The highest BCUT2D eigenvalue weighted by Gasteiger charge is 2.16. The van der Waals surface area contributed by atoms with Crippen molar-refractivity contribution in [3.8, 4) is 0 Å². The van der Waals surface area contributed by atoms with Crippen molar-refractivity contribution < 1.29 is 19.1 Å². The van der Waals surface area contributed by atoms with Gasteiger partial charge in [-0.05, 0) is 31.9 Å². The zero-order valence-electron chi connectivity index (χ0n) is 12.9. The van der Waals surface area contributed by atoms with Crippen molar-refractivity contribution in [3.05, 3.63) is 48.0 Å². The molecular formula is C17H21NO4. The average Bonchev–Trinajstić information content (AvgIpc) is 2.53. The number of hydrogen-bond acceptors (Lipinski definition) is 4. The molecule has 1 aromatic carbocycles. The lowest BCUT2D eigenvalue weighted by Crippen LogP contribution is -2.39. The number of hydrogen-bond donors (Lipinski definition) is 1. The number of esters is 1. The molecule has 5 nitrogen and oxygen atoms in total. The summed E-state index contributed by atoms with van der Waals surface area (Å²) >= 11 is 0. The number of Topliss-reactive ketones (excluding diaryl/α,β-unsaturated/α-hetero) is 1. The third-order valence-electron chi connectivity index (χ3n) is 3.11. The predicted molar refractivity (Wildman–Crippen MR) is 83.4 cm³/mol. The van der Waals surface area contributed by atoms with Crippen molar-refractivity contribution in [2.45, 2.75) is 32.2 Å². The first-order valence-corrected chi connectivity index (χ1v) is 7.12. The van der Waals surface area contributed by atoms with E-state index in [1.54, 1.807) is 30.3 Å². The Kier molecular flexibility index (Phi) is 7.61. The van der Waals surface area contributed by atoms with E-state index in [2.05, 4.69) is 10.1 Å². The molecule has 118 valence electrons. The minimum Gasteiger partial charge on any atom is -0.469 e. The van der Waals surface area contributed by atoms with E-state index in [0.717, 1.165) is 0 Å². The number of nitrogens with one attached hydrogen (secondary N) is 1. The van der Waals surface area contributed by atoms with Crippen LogP contribution < -0.4 is 5.32 Å². The molecular weight excluding hydrogens is 282 g/mol. The van der Waals surface area contributed by atoms with Gasteiger partial charge in [0.2, 0.25) is 0 Å². The van der Waals surface area contributed by atoms with E-state index in [4.69, 9.17) is 0 Å². The van der Waals surface area contributed by atoms with Crippen LogP contribution in [0.3, 0.4) is 0 Å². The lowest BCUT2D eigenvalue weighted by atomic mass is 10.1. The number of carbonyl (C=O) groups is 3. The lowest BCUT2D eigenvalue weighted by Gasteiger charge is -2.14. The SMILES string of the molecule is COC(=O)CCC=CCC(NC(=O)c1ccccc1)C(C)=O. The Morgan fingerprint density at radius 3 is 2.45 bits per heavy atom. The van der Waals surface area contributed by atoms with Crippen LogP contribution in [0.2, 0.25) is 0 Å². The summed E-state index contributed by atoms with van der Waals surface area (Å²) in [5.74, 6) is -0.657. The van der Waals surface area contributed by atoms with Crippen LogP contribution in [0.5, 0.6) is 0 Å². The smallest absolute Gasteiger partial charge is 0.305 e. The van der Waals surface area contributed by atoms with Gasteiger partial charge in [0.05, 0.1) is 13.2 Å². The van der Waals surface area contributed by atoms with Crippen LogP contribution in [-0.2, 0) is 14.3 Å². The van der Waals surface area contributed by atoms with Gasteiger partial charge in [-0.25, -0.2) is 0 Å². The number of methoxy groups -OCH3 is 1. The topological polar surface area (TPSA) is 72.5 Å². The number of amides is 1. The quantitative estimate of drug-likeness (QED) is 0.590. The van der Waals surface area contributed by atoms with E-state index in [1.807, 2.05) is 12.1 Å². The second-order valence-corrected chi connectivity index (χ2v) is 4.82. The highest BCUT2D eigenvalue weighted by molar-refractivity contribution is 5.97. The van der Waals surface area contributed by atoms with E-state index in [0.29, 0.717) is 24.8 Å². The largest absolute Gasteiger partial charge is 0.469 e. The van der Waals surface area contributed by atoms with Crippen LogP contribution in [0.1, 0.15) is 36.5 Å². The maximum Gasteiger partial charge on any atom is 0.305 e. The van der Waals surface area contributed by atoms with Gasteiger partial charge in [0.25, 0.3) is 5.91 Å². The van der Waals surface area contributed by atoms with Crippen LogP contribution in [0.4, 0.5) is 0 Å². The predicted octanol–water partition coefficient (Wildman–Crippen LogP) is 2.27. The summed E-state index contributed by atoms with van der Waals surface area (Å²) in [7, 11) is 1.34. The van der Waals surface area contributed by atoms with Gasteiger partial charge in [-0.1, -0.05) is 30.4 Å². The van der Waals surface area contributed by atoms with Crippen LogP contribution in [-0.4, -0.2) is 30.8 Å². The van der Waals surface area contributed by atoms with Crippen LogP contribution in [0, 0.1) is 0 Å². The summed E-state index contributed by atoms with van der Waals surface area (Å²) in [5.41, 5.74) is 0.517. The molecule has 0 aliphatic heterocycles. The summed E-state index contributed by atoms with van der Waals surface area (Å²) in [6.45, 7) is 1.44. The molecule has 0 fully saturated rings. The first-order valence-electron chi connectivity index (χ1n) is 7.12. The molecule has 22 heavy (non-hydrogen) atoms. The Balaban J connectivity index is 2.49. The Bertz CT molecular complexity index is 537. The second-order valence-electron chi connectivity index (χ2n) is 4.82. The molecule has 0 saturated heterocycles. The number of carbonyl (C=O) groups excluding carboxylic acids is 3. The van der Waals surface area contributed by atoms with Crippen LogP contribution in [0.25, 0.3) is 0 Å². The molecule has 0 radical (unpaired) electrons. The molecule has 1 amide bonds. The molecule has 0 bridgehead atoms. The van der Waals surface area contributed by atoms with Gasteiger partial charge in [0, 0.05) is 12.0 Å². The van der Waals surface area contributed by atoms with Crippen molar-refractivity contribution in [2.75, 3.05) is 7.11 Å². The first kappa shape index (κ1) is 17.6. The molecule has 1 N–H and O–H groups in total. The maximum atomic E-state index is 12.0. The Hall–Kier alpha value is -2.43. The molecule has 0 aliphatic rings. The summed E-state index contributed by atoms with van der Waals surface area (Å²) in [5, 5.41) is 2.71. The third-order valence-corrected chi connectivity index (χ3v) is 3.11. The van der Waals surface area contributed by atoms with Crippen molar-refractivity contribution in [1.29, 1.82) is 0 Å². The Labute approximate surface area is 130 Å². The zero-order chi connectivity index (χ0) is 16.4. The minimum atomic E-state index is -0.568. The molecule has 0 aliphatic carbocycles. The molecule has 1 atom stereocenters. The van der Waals surface area contributed by atoms with Gasteiger partial charge in [-0.2, -0.15) is 0 Å². The fourth-order valence-electron chi connectivity index (χ4n) is 1.81. The van der Waals surface area contributed by atoms with Crippen molar-refractivity contribution >= 4 is 17.7 Å². The van der Waals surface area contributed by atoms with Gasteiger partial charge >= 0.3 is 5.97 Å². The van der Waals surface area contributed by atoms with Gasteiger partial charge in [-0.3, -0.25) is 14.4 Å². The Morgan fingerprint density at radius 2 is 1.86 bits per heavy atom. The summed E-state index contributed by atoms with van der Waals surface area (Å²) in [6, 6.07) is 8.18. The van der Waals surface area contributed by atoms with E-state index in [9.17, 15) is 14.4 Å². The lowest BCUT2D eigenvalue weighted by molar-refractivity contribution is -0.140. The van der Waals surface area contributed by atoms with Gasteiger partial charge in [0.1, 0.15) is 0 Å². The molecule has 1 unspecified atom stereocenters. The zero-order valence-corrected chi connectivity index (χ0v) is 12.9. The van der Waals surface area contributed by atoms with E-state index in [1.165, 1.54) is 14.0 Å². The summed E-state index contributed by atoms with van der Waals surface area (Å²) < 4.78 is 4.53. The number of ether oxygens (including phenoxy) is 1. The Morgan fingerprint density at radius 1 is 1.18 bits per heavy atom. The molecule has 0 heterocycles. The molecule has 0 saturated carbocycles. The highest BCUT2D eigenvalue weighted by atomic mass is 16.5. The molecule has 1 rings (SSSR count). The van der Waals surface area contributed by atoms with Crippen LogP contribution in [0.15, 0.2) is 42.5 Å². The van der Waals surface area contributed by atoms with Crippen LogP contribution >= 0.6 is 0 Å². The van der Waals surface area contributed by atoms with Crippen molar-refractivity contribution in [3.63, 3.8) is 0 Å². The number of rotatable bonds is 8. The monoisotopic (exact) mass is 303 g/mol. The van der Waals surface area contributed by atoms with Gasteiger partial charge in [0.15, 0.2) is 5.78 Å². The van der Waals surface area contributed by atoms with Crippen molar-refractivity contribution in [1.82, 2.24) is 5.32 Å². The number of benzene rings is 1. The second kappa shape index (κ2) is 9.50. The highest BCUT2D eigenvalue weighted by Crippen LogP contribution is 2.03. The minimum absolute atomic E-state index is 0.109. The first-order chi connectivity index (χ1) is 10.5. The molecule has 0 spiro atoms. The van der Waals surface area contributed by atoms with E-state index >= 15 is 0 Å². The third kappa shape index (κ3) is 6.35. The summed E-state index contributed by atoms with van der Waals surface area (Å²) in [4.78, 5) is 34.6.